The van der Waals surface area contributed by atoms with Gasteiger partial charge in [-0.3, -0.25) is 4.79 Å². The Labute approximate surface area is 163 Å². The first kappa shape index (κ1) is 19.1. The predicted octanol–water partition coefficient (Wildman–Crippen LogP) is 3.10. The Morgan fingerprint density at radius 3 is 2.67 bits per heavy atom. The molecule has 0 saturated heterocycles. The summed E-state index contributed by atoms with van der Waals surface area (Å²) in [6.45, 7) is 1.61. The number of fused-ring (bicyclic) bond motifs is 1. The molecule has 1 atom stereocenters. The van der Waals surface area contributed by atoms with Crippen molar-refractivity contribution >= 4 is 32.8 Å². The molecular weight excluding hydrogens is 414 g/mol. The van der Waals surface area contributed by atoms with Crippen LogP contribution in [0.3, 0.4) is 0 Å². The second kappa shape index (κ2) is 8.37. The molecule has 1 heterocycles. The highest BCUT2D eigenvalue weighted by molar-refractivity contribution is 9.10. The lowest BCUT2D eigenvalue weighted by Gasteiger charge is -2.09. The van der Waals surface area contributed by atoms with Gasteiger partial charge in [-0.15, -0.1) is 0 Å². The molecular formula is C20H18BrNO5. The fraction of sp³-hybridized carbons (Fsp3) is 0.200. The molecule has 3 rings (SSSR count). The third-order valence-electron chi connectivity index (χ3n) is 3.82. The van der Waals surface area contributed by atoms with Crippen LogP contribution in [-0.2, 0) is 4.79 Å². The number of halogens is 1. The van der Waals surface area contributed by atoms with E-state index in [-0.39, 0.29) is 19.1 Å². The van der Waals surface area contributed by atoms with Crippen LogP contribution in [0.15, 0.2) is 62.2 Å². The van der Waals surface area contributed by atoms with Crippen LogP contribution in [0.5, 0.6) is 5.75 Å². The first-order valence-corrected chi connectivity index (χ1v) is 9.13. The molecule has 0 aliphatic carbocycles. The first-order valence-electron chi connectivity index (χ1n) is 8.34. The summed E-state index contributed by atoms with van der Waals surface area (Å²) in [4.78, 5) is 23.9. The van der Waals surface area contributed by atoms with E-state index in [1.54, 1.807) is 43.3 Å². The molecule has 0 aliphatic rings. The SMILES string of the molecule is CC(O)CNC(=O)COc1ccc(-c2cc3cc(Br)ccc3oc2=O)cc1. The minimum Gasteiger partial charge on any atom is -0.484 e. The number of hydrogen-bond donors (Lipinski definition) is 2. The number of carbonyl (C=O) groups is 1. The van der Waals surface area contributed by atoms with Crippen LogP contribution in [-0.4, -0.2) is 30.3 Å². The number of ether oxygens (including phenoxy) is 1. The lowest BCUT2D eigenvalue weighted by atomic mass is 10.1. The van der Waals surface area contributed by atoms with Gasteiger partial charge in [0.2, 0.25) is 0 Å². The average molecular weight is 432 g/mol. The van der Waals surface area contributed by atoms with Crippen molar-refractivity contribution in [1.82, 2.24) is 5.32 Å². The van der Waals surface area contributed by atoms with Crippen LogP contribution in [0.1, 0.15) is 6.92 Å². The molecule has 27 heavy (non-hydrogen) atoms. The minimum atomic E-state index is -0.609. The lowest BCUT2D eigenvalue weighted by Crippen LogP contribution is -2.34. The molecule has 140 valence electrons. The van der Waals surface area contributed by atoms with Gasteiger partial charge in [0.25, 0.3) is 5.91 Å². The van der Waals surface area contributed by atoms with Crippen molar-refractivity contribution in [2.75, 3.05) is 13.2 Å². The second-order valence-electron chi connectivity index (χ2n) is 6.10. The van der Waals surface area contributed by atoms with E-state index in [4.69, 9.17) is 14.3 Å². The van der Waals surface area contributed by atoms with Crippen molar-refractivity contribution in [2.45, 2.75) is 13.0 Å². The lowest BCUT2D eigenvalue weighted by molar-refractivity contribution is -0.123. The van der Waals surface area contributed by atoms with Gasteiger partial charge in [-0.25, -0.2) is 4.79 Å². The number of rotatable bonds is 6. The molecule has 0 spiro atoms. The van der Waals surface area contributed by atoms with E-state index in [0.717, 1.165) is 9.86 Å². The van der Waals surface area contributed by atoms with Gasteiger partial charge < -0.3 is 19.6 Å². The number of benzene rings is 2. The van der Waals surface area contributed by atoms with E-state index in [1.165, 1.54) is 0 Å². The van der Waals surface area contributed by atoms with Gasteiger partial charge in [0.1, 0.15) is 11.3 Å². The summed E-state index contributed by atoms with van der Waals surface area (Å²) < 4.78 is 11.7. The zero-order valence-electron chi connectivity index (χ0n) is 14.6. The standard InChI is InChI=1S/C20H18BrNO5/c1-12(23)10-22-19(24)11-26-16-5-2-13(3-6-16)17-9-14-8-15(21)4-7-18(14)27-20(17)25/h2-9,12,23H,10-11H2,1H3,(H,22,24). The number of carbonyl (C=O) groups excluding carboxylic acids is 1. The summed E-state index contributed by atoms with van der Waals surface area (Å²) in [5, 5.41) is 12.5. The monoisotopic (exact) mass is 431 g/mol. The molecule has 0 bridgehead atoms. The van der Waals surface area contributed by atoms with Crippen molar-refractivity contribution < 1.29 is 19.1 Å². The summed E-state index contributed by atoms with van der Waals surface area (Å²) in [5.41, 5.74) is 1.24. The van der Waals surface area contributed by atoms with Gasteiger partial charge in [0.15, 0.2) is 6.61 Å². The molecule has 0 aliphatic heterocycles. The maximum Gasteiger partial charge on any atom is 0.344 e. The highest BCUT2D eigenvalue weighted by Crippen LogP contribution is 2.25. The molecule has 7 heteroatoms. The van der Waals surface area contributed by atoms with Crippen molar-refractivity contribution in [3.63, 3.8) is 0 Å². The first-order chi connectivity index (χ1) is 12.9. The van der Waals surface area contributed by atoms with E-state index in [9.17, 15) is 9.59 Å². The average Bonchev–Trinajstić information content (AvgIpc) is 2.65. The van der Waals surface area contributed by atoms with Crippen molar-refractivity contribution in [3.8, 4) is 16.9 Å². The fourth-order valence-corrected chi connectivity index (χ4v) is 2.87. The topological polar surface area (TPSA) is 88.8 Å². The smallest absolute Gasteiger partial charge is 0.344 e. The van der Waals surface area contributed by atoms with E-state index < -0.39 is 11.7 Å². The summed E-state index contributed by atoms with van der Waals surface area (Å²) in [5.74, 6) is 0.180. The zero-order chi connectivity index (χ0) is 19.4. The number of nitrogens with one attached hydrogen (secondary N) is 1. The molecule has 1 aromatic heterocycles. The number of aliphatic hydroxyl groups excluding tert-OH is 1. The van der Waals surface area contributed by atoms with Crippen LogP contribution in [0, 0.1) is 0 Å². The van der Waals surface area contributed by atoms with Gasteiger partial charge in [-0.2, -0.15) is 0 Å². The predicted molar refractivity (Wildman–Crippen MR) is 106 cm³/mol. The van der Waals surface area contributed by atoms with Gasteiger partial charge >= 0.3 is 5.63 Å². The number of amides is 1. The quantitative estimate of drug-likeness (QED) is 0.585. The Morgan fingerprint density at radius 2 is 1.96 bits per heavy atom. The van der Waals surface area contributed by atoms with Crippen molar-refractivity contribution in [2.24, 2.45) is 0 Å². The fourth-order valence-electron chi connectivity index (χ4n) is 2.49. The van der Waals surface area contributed by atoms with Crippen molar-refractivity contribution in [1.29, 1.82) is 0 Å². The molecule has 3 aromatic rings. The molecule has 1 unspecified atom stereocenters. The summed E-state index contributed by atoms with van der Waals surface area (Å²) in [6, 6.07) is 14.1. The molecule has 0 fully saturated rings. The largest absolute Gasteiger partial charge is 0.484 e. The van der Waals surface area contributed by atoms with Gasteiger partial charge in [0, 0.05) is 16.4 Å². The number of aliphatic hydroxyl groups is 1. The van der Waals surface area contributed by atoms with E-state index in [1.807, 2.05) is 12.1 Å². The molecule has 0 radical (unpaired) electrons. The Bertz CT molecular complexity index is 1010. The summed E-state index contributed by atoms with van der Waals surface area (Å²) in [7, 11) is 0. The molecule has 6 nitrogen and oxygen atoms in total. The summed E-state index contributed by atoms with van der Waals surface area (Å²) in [6.07, 6.45) is -0.609. The van der Waals surface area contributed by atoms with Crippen LogP contribution < -0.4 is 15.7 Å². The van der Waals surface area contributed by atoms with E-state index in [0.29, 0.717) is 22.5 Å². The third-order valence-corrected chi connectivity index (χ3v) is 4.32. The highest BCUT2D eigenvalue weighted by Gasteiger charge is 2.09. The molecule has 2 aromatic carbocycles. The second-order valence-corrected chi connectivity index (χ2v) is 7.01. The van der Waals surface area contributed by atoms with Gasteiger partial charge in [0.05, 0.1) is 11.7 Å². The van der Waals surface area contributed by atoms with Crippen molar-refractivity contribution in [3.05, 3.63) is 63.4 Å². The highest BCUT2D eigenvalue weighted by atomic mass is 79.9. The minimum absolute atomic E-state index is 0.155. The molecule has 1 amide bonds. The van der Waals surface area contributed by atoms with E-state index in [2.05, 4.69) is 21.2 Å². The van der Waals surface area contributed by atoms with Crippen LogP contribution >= 0.6 is 15.9 Å². The van der Waals surface area contributed by atoms with Crippen LogP contribution in [0.4, 0.5) is 0 Å². The van der Waals surface area contributed by atoms with E-state index >= 15 is 0 Å². The normalized spacial score (nSPS) is 12.0. The van der Waals surface area contributed by atoms with Crippen LogP contribution in [0.25, 0.3) is 22.1 Å². The Hall–Kier alpha value is -2.64. The summed E-state index contributed by atoms with van der Waals surface area (Å²) >= 11 is 3.41. The maximum atomic E-state index is 12.3. The van der Waals surface area contributed by atoms with Gasteiger partial charge in [-0.05, 0) is 48.9 Å². The Morgan fingerprint density at radius 1 is 1.22 bits per heavy atom. The third kappa shape index (κ3) is 4.96. The van der Waals surface area contributed by atoms with Crippen LogP contribution in [0.2, 0.25) is 0 Å². The van der Waals surface area contributed by atoms with Gasteiger partial charge in [-0.1, -0.05) is 28.1 Å². The molecule has 2 N–H and O–H groups in total. The number of hydrogen-bond acceptors (Lipinski definition) is 5. The zero-order valence-corrected chi connectivity index (χ0v) is 16.2. The molecule has 0 saturated carbocycles. The maximum absolute atomic E-state index is 12.3. The Balaban J connectivity index is 1.73. The Kier molecular flexibility index (Phi) is 5.93.